The van der Waals surface area contributed by atoms with Crippen LogP contribution in [0.1, 0.15) is 15.3 Å². The maximum atomic E-state index is 10.8. The molecule has 2 rings (SSSR count). The van der Waals surface area contributed by atoms with E-state index >= 15 is 0 Å². The number of hydrogen-bond donors (Lipinski definition) is 1. The largest absolute Gasteiger partial charge is 0.365 e. The zero-order valence-corrected chi connectivity index (χ0v) is 11.0. The minimum atomic E-state index is -0.391. The van der Waals surface area contributed by atoms with Crippen LogP contribution in [0, 0.1) is 24.0 Å². The van der Waals surface area contributed by atoms with Gasteiger partial charge in [0.2, 0.25) is 0 Å². The smallest absolute Gasteiger partial charge is 0.277 e. The quantitative estimate of drug-likeness (QED) is 0.679. The fourth-order valence-electron chi connectivity index (χ4n) is 1.56. The Morgan fingerprint density at radius 1 is 1.44 bits per heavy atom. The summed E-state index contributed by atoms with van der Waals surface area (Å²) in [6, 6.07) is 5.55. The average Bonchev–Trinajstić information content (AvgIpc) is 2.74. The Hall–Kier alpha value is -1.95. The van der Waals surface area contributed by atoms with Gasteiger partial charge in [-0.15, -0.1) is 11.3 Å². The van der Waals surface area contributed by atoms with Gasteiger partial charge in [-0.05, 0) is 26.0 Å². The van der Waals surface area contributed by atoms with Gasteiger partial charge in [0.05, 0.1) is 17.5 Å². The molecule has 18 heavy (non-hydrogen) atoms. The van der Waals surface area contributed by atoms with E-state index in [1.807, 2.05) is 19.1 Å². The third kappa shape index (κ3) is 2.84. The second kappa shape index (κ2) is 5.14. The first kappa shape index (κ1) is 12.5. The zero-order chi connectivity index (χ0) is 13.1. The number of nitro groups is 1. The highest BCUT2D eigenvalue weighted by atomic mass is 32.1. The van der Waals surface area contributed by atoms with Gasteiger partial charge in [0.15, 0.2) is 0 Å². The number of aryl methyl sites for hydroxylation is 2. The van der Waals surface area contributed by atoms with Crippen molar-refractivity contribution in [3.05, 3.63) is 49.8 Å². The van der Waals surface area contributed by atoms with Crippen LogP contribution in [-0.2, 0) is 6.54 Å². The average molecular weight is 263 g/mol. The van der Waals surface area contributed by atoms with Gasteiger partial charge < -0.3 is 5.32 Å². The Morgan fingerprint density at radius 3 is 2.83 bits per heavy atom. The molecule has 1 N–H and O–H groups in total. The van der Waals surface area contributed by atoms with Crippen molar-refractivity contribution in [3.8, 4) is 0 Å². The molecule has 2 aromatic rings. The number of rotatable bonds is 4. The minimum Gasteiger partial charge on any atom is -0.365 e. The molecule has 2 aromatic heterocycles. The molecule has 6 heteroatoms. The van der Waals surface area contributed by atoms with Crippen molar-refractivity contribution in [1.82, 2.24) is 4.98 Å². The topological polar surface area (TPSA) is 68.1 Å². The highest BCUT2D eigenvalue weighted by Crippen LogP contribution is 2.21. The summed E-state index contributed by atoms with van der Waals surface area (Å²) in [5.41, 5.74) is 0.660. The molecule has 0 aliphatic rings. The monoisotopic (exact) mass is 263 g/mol. The Bertz CT molecular complexity index is 580. The van der Waals surface area contributed by atoms with Crippen LogP contribution in [0.15, 0.2) is 24.4 Å². The highest BCUT2D eigenvalue weighted by Gasteiger charge is 2.11. The first-order valence-corrected chi connectivity index (χ1v) is 6.28. The standard InChI is InChI=1S/C12H13N3O2S/c1-8-6-13-12(5-11(8)15(16)17)14-7-10-4-3-9(2)18-10/h3-6H,7H2,1-2H3,(H,13,14). The summed E-state index contributed by atoms with van der Waals surface area (Å²) in [6.45, 7) is 4.35. The minimum absolute atomic E-state index is 0.0925. The van der Waals surface area contributed by atoms with E-state index in [9.17, 15) is 10.1 Å². The van der Waals surface area contributed by atoms with Gasteiger partial charge in [0, 0.05) is 21.5 Å². The molecule has 0 saturated heterocycles. The molecule has 0 aromatic carbocycles. The maximum Gasteiger partial charge on any atom is 0.277 e. The lowest BCUT2D eigenvalue weighted by Gasteiger charge is -2.04. The van der Waals surface area contributed by atoms with Gasteiger partial charge in [-0.25, -0.2) is 4.98 Å². The summed E-state index contributed by atoms with van der Waals surface area (Å²) in [4.78, 5) is 17.0. The normalized spacial score (nSPS) is 10.3. The number of hydrogen-bond acceptors (Lipinski definition) is 5. The summed E-state index contributed by atoms with van der Waals surface area (Å²) in [6.07, 6.45) is 1.51. The van der Waals surface area contributed by atoms with E-state index in [1.54, 1.807) is 18.3 Å². The van der Waals surface area contributed by atoms with Gasteiger partial charge >= 0.3 is 0 Å². The van der Waals surface area contributed by atoms with Crippen molar-refractivity contribution in [2.24, 2.45) is 0 Å². The Morgan fingerprint density at radius 2 is 2.22 bits per heavy atom. The van der Waals surface area contributed by atoms with Crippen LogP contribution in [0.4, 0.5) is 11.5 Å². The first-order chi connectivity index (χ1) is 8.56. The van der Waals surface area contributed by atoms with Gasteiger partial charge in [0.25, 0.3) is 5.69 Å². The number of pyridine rings is 1. The van der Waals surface area contributed by atoms with E-state index in [2.05, 4.69) is 10.3 Å². The van der Waals surface area contributed by atoms with Crippen molar-refractivity contribution in [2.45, 2.75) is 20.4 Å². The van der Waals surface area contributed by atoms with E-state index in [1.165, 1.54) is 22.0 Å². The van der Waals surface area contributed by atoms with E-state index in [0.717, 1.165) is 0 Å². The van der Waals surface area contributed by atoms with E-state index < -0.39 is 4.92 Å². The number of nitrogens with one attached hydrogen (secondary N) is 1. The van der Waals surface area contributed by atoms with Crippen molar-refractivity contribution < 1.29 is 4.92 Å². The molecule has 0 aliphatic heterocycles. The second-order valence-electron chi connectivity index (χ2n) is 3.98. The summed E-state index contributed by atoms with van der Waals surface area (Å²) in [7, 11) is 0. The number of nitrogens with zero attached hydrogens (tertiary/aromatic N) is 2. The molecule has 0 unspecified atom stereocenters. The molecule has 0 amide bonds. The number of thiophene rings is 1. The molecule has 5 nitrogen and oxygen atoms in total. The second-order valence-corrected chi connectivity index (χ2v) is 5.35. The molecule has 0 radical (unpaired) electrons. The molecule has 0 saturated carbocycles. The summed E-state index contributed by atoms with van der Waals surface area (Å²) < 4.78 is 0. The molecule has 94 valence electrons. The molecule has 2 heterocycles. The van der Waals surface area contributed by atoms with Crippen LogP contribution >= 0.6 is 11.3 Å². The van der Waals surface area contributed by atoms with E-state index in [0.29, 0.717) is 17.9 Å². The Balaban J connectivity index is 2.10. The molecule has 0 atom stereocenters. The van der Waals surface area contributed by atoms with E-state index in [-0.39, 0.29) is 5.69 Å². The van der Waals surface area contributed by atoms with Crippen LogP contribution in [0.25, 0.3) is 0 Å². The number of anilines is 1. The van der Waals surface area contributed by atoms with Crippen molar-refractivity contribution in [3.63, 3.8) is 0 Å². The highest BCUT2D eigenvalue weighted by molar-refractivity contribution is 7.11. The van der Waals surface area contributed by atoms with Crippen LogP contribution in [0.3, 0.4) is 0 Å². The van der Waals surface area contributed by atoms with Gasteiger partial charge in [-0.1, -0.05) is 0 Å². The lowest BCUT2D eigenvalue weighted by atomic mass is 10.2. The maximum absolute atomic E-state index is 10.8. The predicted molar refractivity (Wildman–Crippen MR) is 72.0 cm³/mol. The van der Waals surface area contributed by atoms with Crippen molar-refractivity contribution in [1.29, 1.82) is 0 Å². The summed E-state index contributed by atoms with van der Waals surface area (Å²) in [5, 5.41) is 13.9. The third-order valence-electron chi connectivity index (χ3n) is 2.51. The molecule has 0 fully saturated rings. The van der Waals surface area contributed by atoms with Crippen LogP contribution in [-0.4, -0.2) is 9.91 Å². The molecular weight excluding hydrogens is 250 g/mol. The third-order valence-corrected chi connectivity index (χ3v) is 3.51. The van der Waals surface area contributed by atoms with E-state index in [4.69, 9.17) is 0 Å². The molecule has 0 aliphatic carbocycles. The first-order valence-electron chi connectivity index (χ1n) is 5.46. The SMILES string of the molecule is Cc1ccc(CNc2cc([N+](=O)[O-])c(C)cn2)s1. The molecule has 0 spiro atoms. The van der Waals surface area contributed by atoms with Gasteiger partial charge in [-0.3, -0.25) is 10.1 Å². The van der Waals surface area contributed by atoms with Crippen LogP contribution in [0.5, 0.6) is 0 Å². The molecular formula is C12H13N3O2S. The van der Waals surface area contributed by atoms with Crippen molar-refractivity contribution >= 4 is 22.8 Å². The van der Waals surface area contributed by atoms with Crippen LogP contribution < -0.4 is 5.32 Å². The molecule has 0 bridgehead atoms. The van der Waals surface area contributed by atoms with Crippen LogP contribution in [0.2, 0.25) is 0 Å². The predicted octanol–water partition coefficient (Wildman–Crippen LogP) is 3.28. The zero-order valence-electron chi connectivity index (χ0n) is 10.1. The lowest BCUT2D eigenvalue weighted by molar-refractivity contribution is -0.385. The van der Waals surface area contributed by atoms with Gasteiger partial charge in [-0.2, -0.15) is 0 Å². The fraction of sp³-hybridized carbons (Fsp3) is 0.250. The Kier molecular flexibility index (Phi) is 3.57. The fourth-order valence-corrected chi connectivity index (χ4v) is 2.39. The van der Waals surface area contributed by atoms with Gasteiger partial charge in [0.1, 0.15) is 5.82 Å². The lowest BCUT2D eigenvalue weighted by Crippen LogP contribution is -2.01. The number of aromatic nitrogens is 1. The Labute approximate surface area is 109 Å². The summed E-state index contributed by atoms with van der Waals surface area (Å²) >= 11 is 1.70. The summed E-state index contributed by atoms with van der Waals surface area (Å²) in [5.74, 6) is 0.526. The van der Waals surface area contributed by atoms with Crippen molar-refractivity contribution in [2.75, 3.05) is 5.32 Å².